The lowest BCUT2D eigenvalue weighted by molar-refractivity contribution is -0.118. The highest BCUT2D eigenvalue weighted by atomic mass is 32.2. The Kier molecular flexibility index (Phi) is 6.40. The fraction of sp³-hybridized carbons (Fsp3) is 0.235. The smallest absolute Gasteiger partial charge is 0.230 e. The predicted molar refractivity (Wildman–Crippen MR) is 86.8 cm³/mol. The van der Waals surface area contributed by atoms with Crippen molar-refractivity contribution in [2.24, 2.45) is 0 Å². The van der Waals surface area contributed by atoms with Crippen LogP contribution in [0.4, 0.5) is 8.78 Å². The highest BCUT2D eigenvalue weighted by molar-refractivity contribution is 8.00. The normalized spacial score (nSPS) is 10.4. The standard InChI is InChI=1S/C17H17F2NO2S/c1-22-13-4-2-12(3-5-13)8-9-20-17(21)11-23-14-6-7-15(18)16(19)10-14/h2-7,10H,8-9,11H2,1H3,(H,20,21). The molecular weight excluding hydrogens is 320 g/mol. The van der Waals surface area contributed by atoms with Crippen molar-refractivity contribution in [1.82, 2.24) is 5.32 Å². The Bertz CT molecular complexity index is 662. The first-order valence-electron chi connectivity index (χ1n) is 7.06. The molecule has 0 bridgehead atoms. The van der Waals surface area contributed by atoms with Crippen LogP contribution in [0.25, 0.3) is 0 Å². The summed E-state index contributed by atoms with van der Waals surface area (Å²) in [6.07, 6.45) is 0.714. The molecule has 0 fully saturated rings. The number of ether oxygens (including phenoxy) is 1. The van der Waals surface area contributed by atoms with Crippen LogP contribution in [0.15, 0.2) is 47.4 Å². The van der Waals surface area contributed by atoms with Gasteiger partial charge in [-0.1, -0.05) is 12.1 Å². The third kappa shape index (κ3) is 5.56. The molecule has 0 heterocycles. The minimum atomic E-state index is -0.907. The van der Waals surface area contributed by atoms with Gasteiger partial charge in [0.15, 0.2) is 11.6 Å². The Labute approximate surface area is 138 Å². The SMILES string of the molecule is COc1ccc(CCNC(=O)CSc2ccc(F)c(F)c2)cc1. The second-order valence-corrected chi connectivity index (χ2v) is 5.86. The molecular formula is C17H17F2NO2S. The number of carbonyl (C=O) groups excluding carboxylic acids is 1. The fourth-order valence-electron chi connectivity index (χ4n) is 1.91. The van der Waals surface area contributed by atoms with E-state index in [1.54, 1.807) is 7.11 Å². The van der Waals surface area contributed by atoms with Crippen LogP contribution in [-0.4, -0.2) is 25.3 Å². The molecule has 2 aromatic rings. The quantitative estimate of drug-likeness (QED) is 0.787. The van der Waals surface area contributed by atoms with Crippen LogP contribution < -0.4 is 10.1 Å². The maximum atomic E-state index is 13.1. The summed E-state index contributed by atoms with van der Waals surface area (Å²) in [7, 11) is 1.61. The predicted octanol–water partition coefficient (Wildman–Crippen LogP) is 3.42. The van der Waals surface area contributed by atoms with Crippen LogP contribution >= 0.6 is 11.8 Å². The van der Waals surface area contributed by atoms with Gasteiger partial charge in [0, 0.05) is 11.4 Å². The van der Waals surface area contributed by atoms with Crippen LogP contribution in [0.1, 0.15) is 5.56 Å². The molecule has 3 nitrogen and oxygen atoms in total. The molecule has 0 radical (unpaired) electrons. The molecule has 0 saturated heterocycles. The van der Waals surface area contributed by atoms with Crippen molar-refractivity contribution in [3.8, 4) is 5.75 Å². The first-order valence-corrected chi connectivity index (χ1v) is 8.04. The molecule has 0 aliphatic carbocycles. The second-order valence-electron chi connectivity index (χ2n) is 4.81. The topological polar surface area (TPSA) is 38.3 Å². The third-order valence-corrected chi connectivity index (χ3v) is 4.15. The summed E-state index contributed by atoms with van der Waals surface area (Å²) in [5, 5.41) is 2.80. The van der Waals surface area contributed by atoms with E-state index in [0.29, 0.717) is 17.9 Å². The Balaban J connectivity index is 1.71. The van der Waals surface area contributed by atoms with E-state index in [9.17, 15) is 13.6 Å². The summed E-state index contributed by atoms with van der Waals surface area (Å²) in [6, 6.07) is 11.2. The van der Waals surface area contributed by atoms with Crippen LogP contribution in [-0.2, 0) is 11.2 Å². The first kappa shape index (κ1) is 17.3. The van der Waals surface area contributed by atoms with Gasteiger partial charge in [-0.3, -0.25) is 4.79 Å². The zero-order valence-electron chi connectivity index (χ0n) is 12.6. The summed E-state index contributed by atoms with van der Waals surface area (Å²) >= 11 is 1.17. The van der Waals surface area contributed by atoms with Crippen molar-refractivity contribution < 1.29 is 18.3 Å². The average molecular weight is 337 g/mol. The number of amides is 1. The fourth-order valence-corrected chi connectivity index (χ4v) is 2.66. The summed E-state index contributed by atoms with van der Waals surface area (Å²) in [6.45, 7) is 0.517. The van der Waals surface area contributed by atoms with Gasteiger partial charge in [0.1, 0.15) is 5.75 Å². The highest BCUT2D eigenvalue weighted by Gasteiger charge is 2.06. The van der Waals surface area contributed by atoms with E-state index in [-0.39, 0.29) is 11.7 Å². The Morgan fingerprint density at radius 3 is 2.52 bits per heavy atom. The molecule has 0 spiro atoms. The zero-order chi connectivity index (χ0) is 16.7. The molecule has 0 aliphatic rings. The highest BCUT2D eigenvalue weighted by Crippen LogP contribution is 2.20. The van der Waals surface area contributed by atoms with E-state index >= 15 is 0 Å². The number of halogens is 2. The molecule has 1 amide bonds. The average Bonchev–Trinajstić information content (AvgIpc) is 2.56. The Morgan fingerprint density at radius 2 is 1.87 bits per heavy atom. The molecule has 1 N–H and O–H groups in total. The number of methoxy groups -OCH3 is 1. The van der Waals surface area contributed by atoms with Crippen molar-refractivity contribution in [3.05, 3.63) is 59.7 Å². The molecule has 0 atom stereocenters. The van der Waals surface area contributed by atoms with Crippen molar-refractivity contribution in [3.63, 3.8) is 0 Å². The van der Waals surface area contributed by atoms with Crippen LogP contribution in [0.2, 0.25) is 0 Å². The number of hydrogen-bond donors (Lipinski definition) is 1. The number of thioether (sulfide) groups is 1. The van der Waals surface area contributed by atoms with Gasteiger partial charge in [-0.25, -0.2) is 8.78 Å². The minimum absolute atomic E-state index is 0.145. The van der Waals surface area contributed by atoms with Gasteiger partial charge in [0.25, 0.3) is 0 Å². The first-order chi connectivity index (χ1) is 11.1. The van der Waals surface area contributed by atoms with Crippen LogP contribution in [0.3, 0.4) is 0 Å². The Morgan fingerprint density at radius 1 is 1.13 bits per heavy atom. The van der Waals surface area contributed by atoms with E-state index in [2.05, 4.69) is 5.32 Å². The van der Waals surface area contributed by atoms with Crippen molar-refractivity contribution >= 4 is 17.7 Å². The number of nitrogens with one attached hydrogen (secondary N) is 1. The molecule has 0 saturated carbocycles. The van der Waals surface area contributed by atoms with Crippen LogP contribution in [0, 0.1) is 11.6 Å². The maximum Gasteiger partial charge on any atom is 0.230 e. The van der Waals surface area contributed by atoms with E-state index in [1.807, 2.05) is 24.3 Å². The molecule has 122 valence electrons. The zero-order valence-corrected chi connectivity index (χ0v) is 13.5. The van der Waals surface area contributed by atoms with E-state index in [4.69, 9.17) is 4.74 Å². The Hall–Kier alpha value is -2.08. The minimum Gasteiger partial charge on any atom is -0.497 e. The number of carbonyl (C=O) groups is 1. The molecule has 0 unspecified atom stereocenters. The lowest BCUT2D eigenvalue weighted by Crippen LogP contribution is -2.27. The molecule has 0 aromatic heterocycles. The molecule has 23 heavy (non-hydrogen) atoms. The molecule has 6 heteroatoms. The van der Waals surface area contributed by atoms with Crippen molar-refractivity contribution in [2.75, 3.05) is 19.4 Å². The van der Waals surface area contributed by atoms with Crippen LogP contribution in [0.5, 0.6) is 5.75 Å². The second kappa shape index (κ2) is 8.53. The van der Waals surface area contributed by atoms with E-state index in [1.165, 1.54) is 17.8 Å². The summed E-state index contributed by atoms with van der Waals surface area (Å²) < 4.78 is 30.9. The summed E-state index contributed by atoms with van der Waals surface area (Å²) in [4.78, 5) is 12.3. The molecule has 2 rings (SSSR count). The van der Waals surface area contributed by atoms with Gasteiger partial charge >= 0.3 is 0 Å². The maximum absolute atomic E-state index is 13.1. The van der Waals surface area contributed by atoms with E-state index in [0.717, 1.165) is 23.4 Å². The van der Waals surface area contributed by atoms with E-state index < -0.39 is 11.6 Å². The number of benzene rings is 2. The van der Waals surface area contributed by atoms with Crippen molar-refractivity contribution in [1.29, 1.82) is 0 Å². The number of rotatable bonds is 7. The van der Waals surface area contributed by atoms with Gasteiger partial charge in [0.2, 0.25) is 5.91 Å². The van der Waals surface area contributed by atoms with Crippen molar-refractivity contribution in [2.45, 2.75) is 11.3 Å². The summed E-state index contributed by atoms with van der Waals surface area (Å²) in [5.41, 5.74) is 1.10. The van der Waals surface area contributed by atoms with Gasteiger partial charge in [-0.2, -0.15) is 0 Å². The van der Waals surface area contributed by atoms with Gasteiger partial charge in [-0.15, -0.1) is 11.8 Å². The van der Waals surface area contributed by atoms with Gasteiger partial charge in [0.05, 0.1) is 12.9 Å². The van der Waals surface area contributed by atoms with Gasteiger partial charge < -0.3 is 10.1 Å². The third-order valence-electron chi connectivity index (χ3n) is 3.16. The molecule has 0 aliphatic heterocycles. The lowest BCUT2D eigenvalue weighted by Gasteiger charge is -2.06. The molecule has 2 aromatic carbocycles. The largest absolute Gasteiger partial charge is 0.497 e. The summed E-state index contributed by atoms with van der Waals surface area (Å²) in [5.74, 6) is -0.990. The number of hydrogen-bond acceptors (Lipinski definition) is 3. The monoisotopic (exact) mass is 337 g/mol. The lowest BCUT2D eigenvalue weighted by atomic mass is 10.1. The van der Waals surface area contributed by atoms with Gasteiger partial charge in [-0.05, 0) is 42.3 Å².